The van der Waals surface area contributed by atoms with Crippen molar-refractivity contribution in [2.24, 2.45) is 0 Å². The number of methoxy groups -OCH3 is 1. The molecule has 2 aromatic carbocycles. The fourth-order valence-corrected chi connectivity index (χ4v) is 4.20. The number of aliphatic hydroxyl groups excluding tert-OH is 1. The molecule has 11 nitrogen and oxygen atoms in total. The number of aromatic nitrogens is 3. The lowest BCUT2D eigenvalue weighted by Crippen LogP contribution is -2.28. The summed E-state index contributed by atoms with van der Waals surface area (Å²) in [6, 6.07) is 12.8. The number of ketones is 1. The molecule has 0 bridgehead atoms. The number of likely N-dealkylation sites (N-methyl/N-ethyl adjacent to an activating group) is 2. The van der Waals surface area contributed by atoms with Crippen LogP contribution in [0.3, 0.4) is 0 Å². The first-order valence-electron chi connectivity index (χ1n) is 12.6. The Hall–Kier alpha value is -4.74. The van der Waals surface area contributed by atoms with Gasteiger partial charge in [0.05, 0.1) is 18.3 Å². The van der Waals surface area contributed by atoms with Crippen LogP contribution in [0.1, 0.15) is 10.4 Å². The molecule has 0 unspecified atom stereocenters. The molecule has 0 atom stereocenters. The summed E-state index contributed by atoms with van der Waals surface area (Å²) in [5.41, 5.74) is 2.93. The maximum absolute atomic E-state index is 12.4. The summed E-state index contributed by atoms with van der Waals surface area (Å²) >= 11 is 0. The molecular formula is C29H33N7O4. The van der Waals surface area contributed by atoms with Crippen LogP contribution in [-0.2, 0) is 4.79 Å². The van der Waals surface area contributed by atoms with E-state index in [4.69, 9.17) is 4.74 Å². The Morgan fingerprint density at radius 2 is 1.93 bits per heavy atom. The van der Waals surface area contributed by atoms with Crippen LogP contribution < -0.4 is 20.3 Å². The molecule has 0 aliphatic rings. The summed E-state index contributed by atoms with van der Waals surface area (Å²) in [7, 11) is 7.53. The highest BCUT2D eigenvalue weighted by atomic mass is 16.5. The third-order valence-electron chi connectivity index (χ3n) is 6.35. The van der Waals surface area contributed by atoms with Gasteiger partial charge in [-0.3, -0.25) is 9.59 Å². The summed E-state index contributed by atoms with van der Waals surface area (Å²) < 4.78 is 7.48. The Bertz CT molecular complexity index is 1550. The molecule has 3 N–H and O–H groups in total. The van der Waals surface area contributed by atoms with Gasteiger partial charge in [0.2, 0.25) is 11.9 Å². The molecule has 0 saturated carbocycles. The topological polar surface area (TPSA) is 125 Å². The van der Waals surface area contributed by atoms with E-state index in [1.807, 2.05) is 57.5 Å². The zero-order valence-electron chi connectivity index (χ0n) is 23.0. The third-order valence-corrected chi connectivity index (χ3v) is 6.35. The summed E-state index contributed by atoms with van der Waals surface area (Å²) in [5.74, 6) is 0.454. The minimum absolute atomic E-state index is 0.242. The summed E-state index contributed by atoms with van der Waals surface area (Å²) in [6.45, 7) is 4.57. The van der Waals surface area contributed by atoms with Crippen LogP contribution in [0.2, 0.25) is 0 Å². The van der Waals surface area contributed by atoms with Crippen LogP contribution in [0, 0.1) is 0 Å². The van der Waals surface area contributed by atoms with Gasteiger partial charge in [0, 0.05) is 55.2 Å². The average molecular weight is 544 g/mol. The van der Waals surface area contributed by atoms with Crippen LogP contribution in [-0.4, -0.2) is 84.2 Å². The number of amides is 1. The second-order valence-corrected chi connectivity index (χ2v) is 9.36. The lowest BCUT2D eigenvalue weighted by Gasteiger charge is -2.24. The smallest absolute Gasteiger partial charge is 0.247 e. The van der Waals surface area contributed by atoms with E-state index in [1.54, 1.807) is 30.1 Å². The van der Waals surface area contributed by atoms with E-state index >= 15 is 0 Å². The van der Waals surface area contributed by atoms with E-state index in [-0.39, 0.29) is 17.6 Å². The van der Waals surface area contributed by atoms with Crippen molar-refractivity contribution < 1.29 is 19.4 Å². The van der Waals surface area contributed by atoms with Crippen molar-refractivity contribution in [3.8, 4) is 11.6 Å². The predicted molar refractivity (Wildman–Crippen MR) is 157 cm³/mol. The van der Waals surface area contributed by atoms with Crippen LogP contribution in [0.15, 0.2) is 67.5 Å². The SMILES string of the molecule is C=CC(=O)Nc1cc(N(C)CCN(C)C)cc(OC)c1Nc1nccc(-n2cc(C(=O)CO)c3ccccc32)n1. The van der Waals surface area contributed by atoms with Gasteiger partial charge in [-0.1, -0.05) is 24.8 Å². The standard InChI is InChI=1S/C29H33N7O4/c1-6-27(39)31-22-15-19(35(4)14-13-34(2)3)16-25(40-5)28(22)33-29-30-12-11-26(32-29)36-17-21(24(38)18-37)20-9-7-8-10-23(20)36/h6-12,15-17,37H,1,13-14,18H2,2-5H3,(H,31,39)(H,30,32,33). The molecule has 0 saturated heterocycles. The fourth-order valence-electron chi connectivity index (χ4n) is 4.20. The number of nitrogens with zero attached hydrogens (tertiary/aromatic N) is 5. The molecule has 0 fully saturated rings. The van der Waals surface area contributed by atoms with Crippen molar-refractivity contribution in [1.29, 1.82) is 0 Å². The van der Waals surface area contributed by atoms with Crippen LogP contribution in [0.5, 0.6) is 5.75 Å². The molecule has 40 heavy (non-hydrogen) atoms. The zero-order valence-corrected chi connectivity index (χ0v) is 23.0. The van der Waals surface area contributed by atoms with E-state index in [9.17, 15) is 14.7 Å². The number of hydrogen-bond donors (Lipinski definition) is 3. The van der Waals surface area contributed by atoms with Crippen molar-refractivity contribution in [3.05, 3.63) is 73.1 Å². The van der Waals surface area contributed by atoms with Gasteiger partial charge in [-0.2, -0.15) is 4.98 Å². The maximum Gasteiger partial charge on any atom is 0.247 e. The van der Waals surface area contributed by atoms with Crippen molar-refractivity contribution in [1.82, 2.24) is 19.4 Å². The number of carbonyl (C=O) groups excluding carboxylic acids is 2. The third kappa shape index (κ3) is 6.11. The molecule has 4 rings (SSSR count). The normalized spacial score (nSPS) is 10.9. The van der Waals surface area contributed by atoms with E-state index in [1.165, 1.54) is 6.08 Å². The highest BCUT2D eigenvalue weighted by molar-refractivity contribution is 6.09. The summed E-state index contributed by atoms with van der Waals surface area (Å²) in [5, 5.41) is 16.2. The summed E-state index contributed by atoms with van der Waals surface area (Å²) in [4.78, 5) is 37.9. The number of para-hydroxylation sites is 1. The van der Waals surface area contributed by atoms with Crippen LogP contribution in [0.4, 0.5) is 23.0 Å². The Morgan fingerprint density at radius 3 is 2.62 bits per heavy atom. The van der Waals surface area contributed by atoms with Gasteiger partial charge in [-0.05, 0) is 38.4 Å². The molecule has 2 heterocycles. The fraction of sp³-hybridized carbons (Fsp3) is 0.241. The molecule has 0 aliphatic carbocycles. The molecule has 0 spiro atoms. The molecule has 0 aliphatic heterocycles. The molecule has 1 amide bonds. The number of ether oxygens (including phenoxy) is 1. The van der Waals surface area contributed by atoms with Crippen molar-refractivity contribution in [3.63, 3.8) is 0 Å². The number of fused-ring (bicyclic) bond motifs is 1. The number of rotatable bonds is 12. The molecule has 11 heteroatoms. The number of Topliss-reactive ketones (excluding diaryl/α,β-unsaturated/α-hetero) is 1. The first kappa shape index (κ1) is 28.3. The van der Waals surface area contributed by atoms with Crippen LogP contribution in [0.25, 0.3) is 16.7 Å². The Balaban J connectivity index is 1.75. The van der Waals surface area contributed by atoms with E-state index in [0.717, 1.165) is 24.3 Å². The predicted octanol–water partition coefficient (Wildman–Crippen LogP) is 3.47. The van der Waals surface area contributed by atoms with Gasteiger partial charge in [-0.25, -0.2) is 4.98 Å². The van der Waals surface area contributed by atoms with Gasteiger partial charge in [0.15, 0.2) is 5.78 Å². The lowest BCUT2D eigenvalue weighted by atomic mass is 10.1. The number of aliphatic hydroxyl groups is 1. The lowest BCUT2D eigenvalue weighted by molar-refractivity contribution is -0.111. The van der Waals surface area contributed by atoms with E-state index in [0.29, 0.717) is 33.9 Å². The van der Waals surface area contributed by atoms with Gasteiger partial charge in [0.25, 0.3) is 0 Å². The average Bonchev–Trinajstić information content (AvgIpc) is 3.36. The Labute approximate surface area is 232 Å². The number of carbonyl (C=O) groups is 2. The monoisotopic (exact) mass is 543 g/mol. The van der Waals surface area contributed by atoms with Gasteiger partial charge < -0.3 is 34.8 Å². The Morgan fingerprint density at radius 1 is 1.15 bits per heavy atom. The summed E-state index contributed by atoms with van der Waals surface area (Å²) in [6.07, 6.45) is 4.44. The second kappa shape index (κ2) is 12.4. The maximum atomic E-state index is 12.4. The van der Waals surface area contributed by atoms with Gasteiger partial charge in [-0.15, -0.1) is 0 Å². The highest BCUT2D eigenvalue weighted by Gasteiger charge is 2.19. The second-order valence-electron chi connectivity index (χ2n) is 9.36. The largest absolute Gasteiger partial charge is 0.494 e. The molecule has 208 valence electrons. The molecule has 2 aromatic heterocycles. The van der Waals surface area contributed by atoms with Gasteiger partial charge in [0.1, 0.15) is 23.9 Å². The van der Waals surface area contributed by atoms with E-state index in [2.05, 4.69) is 37.0 Å². The number of nitrogens with one attached hydrogen (secondary N) is 2. The Kier molecular flexibility index (Phi) is 8.77. The van der Waals surface area contributed by atoms with Gasteiger partial charge >= 0.3 is 0 Å². The number of benzene rings is 2. The van der Waals surface area contributed by atoms with Crippen molar-refractivity contribution >= 4 is 45.6 Å². The van der Waals surface area contributed by atoms with Crippen LogP contribution >= 0.6 is 0 Å². The molecule has 4 aromatic rings. The first-order valence-corrected chi connectivity index (χ1v) is 12.6. The first-order chi connectivity index (χ1) is 19.2. The van der Waals surface area contributed by atoms with Crippen molar-refractivity contribution in [2.75, 3.05) is 63.5 Å². The van der Waals surface area contributed by atoms with E-state index < -0.39 is 6.61 Å². The highest BCUT2D eigenvalue weighted by Crippen LogP contribution is 2.39. The zero-order chi connectivity index (χ0) is 28.8. The quantitative estimate of drug-likeness (QED) is 0.182. The van der Waals surface area contributed by atoms with Crippen molar-refractivity contribution in [2.45, 2.75) is 0 Å². The minimum atomic E-state index is -0.593. The molecule has 0 radical (unpaired) electrons. The minimum Gasteiger partial charge on any atom is -0.494 e. The number of anilines is 4. The molecular weight excluding hydrogens is 510 g/mol. The number of hydrogen-bond acceptors (Lipinski definition) is 9.